The highest BCUT2D eigenvalue weighted by Gasteiger charge is 2.35. The zero-order valence-corrected chi connectivity index (χ0v) is 14.0. The van der Waals surface area contributed by atoms with Crippen LogP contribution in [0.2, 0.25) is 0 Å². The summed E-state index contributed by atoms with van der Waals surface area (Å²) >= 11 is 3.39. The van der Waals surface area contributed by atoms with E-state index in [-0.39, 0.29) is 24.6 Å². The van der Waals surface area contributed by atoms with Crippen LogP contribution < -0.4 is 10.2 Å². The highest BCUT2D eigenvalue weighted by Crippen LogP contribution is 2.31. The summed E-state index contributed by atoms with van der Waals surface area (Å²) in [4.78, 5) is 26.1. The minimum absolute atomic E-state index is 0.0663. The standard InChI is InChI=1S/C17H13BrF2N2O2/c18-12-3-1-2-4-15(12)22-9-10(7-16(22)23)17(24)21-11-5-6-13(19)14(20)8-11/h1-6,8,10H,7,9H2,(H,21,24). The molecule has 0 aliphatic carbocycles. The molecule has 1 saturated heterocycles. The van der Waals surface area contributed by atoms with Crippen LogP contribution in [0.3, 0.4) is 0 Å². The van der Waals surface area contributed by atoms with Crippen molar-refractivity contribution in [2.45, 2.75) is 6.42 Å². The van der Waals surface area contributed by atoms with Crippen molar-refractivity contribution in [3.63, 3.8) is 0 Å². The third-order valence-electron chi connectivity index (χ3n) is 3.83. The smallest absolute Gasteiger partial charge is 0.229 e. The largest absolute Gasteiger partial charge is 0.326 e. The quantitative estimate of drug-likeness (QED) is 0.862. The van der Waals surface area contributed by atoms with Crippen LogP contribution in [0.1, 0.15) is 6.42 Å². The van der Waals surface area contributed by atoms with Crippen LogP contribution in [0.15, 0.2) is 46.9 Å². The lowest BCUT2D eigenvalue weighted by Gasteiger charge is -2.18. The van der Waals surface area contributed by atoms with Crippen LogP contribution in [0.25, 0.3) is 0 Å². The molecule has 0 aromatic heterocycles. The van der Waals surface area contributed by atoms with Gasteiger partial charge in [0, 0.05) is 29.2 Å². The summed E-state index contributed by atoms with van der Waals surface area (Å²) < 4.78 is 26.9. The Labute approximate surface area is 145 Å². The molecule has 1 aliphatic rings. The minimum Gasteiger partial charge on any atom is -0.326 e. The summed E-state index contributed by atoms with van der Waals surface area (Å²) in [6, 6.07) is 10.4. The summed E-state index contributed by atoms with van der Waals surface area (Å²) in [6.07, 6.45) is 0.0663. The van der Waals surface area contributed by atoms with Gasteiger partial charge in [-0.15, -0.1) is 0 Å². The molecule has 2 aromatic carbocycles. The second-order valence-corrected chi connectivity index (χ2v) is 6.33. The second kappa shape index (κ2) is 6.68. The molecule has 1 atom stereocenters. The van der Waals surface area contributed by atoms with Crippen LogP contribution in [0.5, 0.6) is 0 Å². The van der Waals surface area contributed by atoms with Crippen molar-refractivity contribution in [3.05, 3.63) is 58.6 Å². The van der Waals surface area contributed by atoms with E-state index in [1.54, 1.807) is 11.0 Å². The summed E-state index contributed by atoms with van der Waals surface area (Å²) in [5.74, 6) is -3.14. The van der Waals surface area contributed by atoms with Crippen LogP contribution in [0.4, 0.5) is 20.2 Å². The van der Waals surface area contributed by atoms with E-state index in [4.69, 9.17) is 0 Å². The van der Waals surface area contributed by atoms with E-state index in [0.717, 1.165) is 16.6 Å². The minimum atomic E-state index is -1.04. The molecule has 1 fully saturated rings. The monoisotopic (exact) mass is 394 g/mol. The molecule has 1 aliphatic heterocycles. The Morgan fingerprint density at radius 3 is 2.62 bits per heavy atom. The first-order chi connectivity index (χ1) is 11.5. The van der Waals surface area contributed by atoms with Crippen molar-refractivity contribution in [1.82, 2.24) is 0 Å². The third kappa shape index (κ3) is 3.31. The van der Waals surface area contributed by atoms with Crippen molar-refractivity contribution < 1.29 is 18.4 Å². The van der Waals surface area contributed by atoms with Gasteiger partial charge in [-0.3, -0.25) is 9.59 Å². The fraction of sp³-hybridized carbons (Fsp3) is 0.176. The first-order valence-corrected chi connectivity index (χ1v) is 8.06. The third-order valence-corrected chi connectivity index (χ3v) is 4.50. The van der Waals surface area contributed by atoms with Gasteiger partial charge in [-0.25, -0.2) is 8.78 Å². The number of rotatable bonds is 3. The molecule has 3 rings (SSSR count). The molecule has 24 heavy (non-hydrogen) atoms. The molecule has 1 heterocycles. The number of hydrogen-bond acceptors (Lipinski definition) is 2. The summed E-state index contributed by atoms with van der Waals surface area (Å²) in [7, 11) is 0. The lowest BCUT2D eigenvalue weighted by molar-refractivity contribution is -0.122. The van der Waals surface area contributed by atoms with E-state index in [0.29, 0.717) is 5.69 Å². The summed E-state index contributed by atoms with van der Waals surface area (Å²) in [6.45, 7) is 0.233. The fourth-order valence-corrected chi connectivity index (χ4v) is 3.10. The average molecular weight is 395 g/mol. The van der Waals surface area contributed by atoms with E-state index in [9.17, 15) is 18.4 Å². The molecule has 0 bridgehead atoms. The maximum Gasteiger partial charge on any atom is 0.229 e. The van der Waals surface area contributed by atoms with E-state index < -0.39 is 23.5 Å². The van der Waals surface area contributed by atoms with Gasteiger partial charge in [-0.2, -0.15) is 0 Å². The van der Waals surface area contributed by atoms with Gasteiger partial charge in [0.1, 0.15) is 0 Å². The maximum absolute atomic E-state index is 13.2. The molecule has 1 N–H and O–H groups in total. The Balaban J connectivity index is 1.72. The first kappa shape index (κ1) is 16.6. The molecule has 0 spiro atoms. The fourth-order valence-electron chi connectivity index (χ4n) is 2.60. The van der Waals surface area contributed by atoms with Crippen molar-refractivity contribution in [3.8, 4) is 0 Å². The molecule has 7 heteroatoms. The number of anilines is 2. The van der Waals surface area contributed by atoms with E-state index in [2.05, 4.69) is 21.2 Å². The molecular formula is C17H13BrF2N2O2. The highest BCUT2D eigenvalue weighted by molar-refractivity contribution is 9.10. The van der Waals surface area contributed by atoms with Crippen molar-refractivity contribution in [1.29, 1.82) is 0 Å². The molecule has 124 valence electrons. The number of carbonyl (C=O) groups is 2. The van der Waals surface area contributed by atoms with Gasteiger partial charge >= 0.3 is 0 Å². The molecule has 2 amide bonds. The molecule has 2 aromatic rings. The molecule has 4 nitrogen and oxygen atoms in total. The van der Waals surface area contributed by atoms with Gasteiger partial charge < -0.3 is 10.2 Å². The molecular weight excluding hydrogens is 382 g/mol. The Hall–Kier alpha value is -2.28. The van der Waals surface area contributed by atoms with Gasteiger partial charge in [0.15, 0.2) is 11.6 Å². The highest BCUT2D eigenvalue weighted by atomic mass is 79.9. The topological polar surface area (TPSA) is 49.4 Å². The lowest BCUT2D eigenvalue weighted by atomic mass is 10.1. The van der Waals surface area contributed by atoms with Crippen LogP contribution in [0, 0.1) is 17.6 Å². The summed E-state index contributed by atoms with van der Waals surface area (Å²) in [5.41, 5.74) is 0.858. The predicted octanol–water partition coefficient (Wildman–Crippen LogP) is 3.72. The van der Waals surface area contributed by atoms with Crippen molar-refractivity contribution in [2.24, 2.45) is 5.92 Å². The molecule has 0 saturated carbocycles. The van der Waals surface area contributed by atoms with Gasteiger partial charge in [0.2, 0.25) is 11.8 Å². The molecule has 0 radical (unpaired) electrons. The zero-order chi connectivity index (χ0) is 17.3. The lowest BCUT2D eigenvalue weighted by Crippen LogP contribution is -2.28. The van der Waals surface area contributed by atoms with Crippen molar-refractivity contribution >= 4 is 39.1 Å². The van der Waals surface area contributed by atoms with E-state index in [1.807, 2.05) is 18.2 Å². The summed E-state index contributed by atoms with van der Waals surface area (Å²) in [5, 5.41) is 2.52. The van der Waals surface area contributed by atoms with E-state index >= 15 is 0 Å². The molecule has 1 unspecified atom stereocenters. The Bertz CT molecular complexity index is 813. The number of para-hydroxylation sites is 1. The van der Waals surface area contributed by atoms with Crippen LogP contribution in [-0.4, -0.2) is 18.4 Å². The number of hydrogen-bond donors (Lipinski definition) is 1. The number of nitrogens with one attached hydrogen (secondary N) is 1. The zero-order valence-electron chi connectivity index (χ0n) is 12.4. The maximum atomic E-state index is 13.2. The van der Waals surface area contributed by atoms with Gasteiger partial charge in [-0.1, -0.05) is 12.1 Å². The van der Waals surface area contributed by atoms with Gasteiger partial charge in [0.05, 0.1) is 11.6 Å². The SMILES string of the molecule is O=C(Nc1ccc(F)c(F)c1)C1CC(=O)N(c2ccccc2Br)C1. The normalized spacial score (nSPS) is 17.2. The van der Waals surface area contributed by atoms with Crippen molar-refractivity contribution in [2.75, 3.05) is 16.8 Å². The number of benzene rings is 2. The second-order valence-electron chi connectivity index (χ2n) is 5.47. The van der Waals surface area contributed by atoms with Crippen LogP contribution >= 0.6 is 15.9 Å². The number of nitrogens with zero attached hydrogens (tertiary/aromatic N) is 1. The number of carbonyl (C=O) groups excluding carboxylic acids is 2. The van der Waals surface area contributed by atoms with E-state index in [1.165, 1.54) is 6.07 Å². The van der Waals surface area contributed by atoms with Gasteiger partial charge in [0.25, 0.3) is 0 Å². The predicted molar refractivity (Wildman–Crippen MR) is 89.6 cm³/mol. The Morgan fingerprint density at radius 2 is 1.92 bits per heavy atom. The van der Waals surface area contributed by atoms with Gasteiger partial charge in [-0.05, 0) is 40.2 Å². The Morgan fingerprint density at radius 1 is 1.17 bits per heavy atom. The van der Waals surface area contributed by atoms with Crippen LogP contribution in [-0.2, 0) is 9.59 Å². The Kier molecular flexibility index (Phi) is 4.62. The first-order valence-electron chi connectivity index (χ1n) is 7.26. The number of amides is 2. The average Bonchev–Trinajstić information content (AvgIpc) is 2.93. The number of halogens is 3.